The number of methoxy groups -OCH3 is 1. The molecule has 88 valence electrons. The number of nitrogens with zero attached hydrogens (tertiary/aromatic N) is 1. The standard InChI is InChI=1S/C11H15FN2O2/c1-11(2,16-3)7-14-10(15)8-4-5-13-9(12)6-8/h4-6H,7H2,1-3H3,(H,14,15). The van der Waals surface area contributed by atoms with Crippen molar-refractivity contribution in [3.05, 3.63) is 29.8 Å². The van der Waals surface area contributed by atoms with Gasteiger partial charge in [-0.1, -0.05) is 0 Å². The summed E-state index contributed by atoms with van der Waals surface area (Å²) < 4.78 is 17.9. The largest absolute Gasteiger partial charge is 0.377 e. The van der Waals surface area contributed by atoms with Crippen LogP contribution in [0, 0.1) is 5.95 Å². The van der Waals surface area contributed by atoms with Crippen molar-refractivity contribution in [2.75, 3.05) is 13.7 Å². The van der Waals surface area contributed by atoms with Gasteiger partial charge in [0, 0.05) is 31.5 Å². The molecule has 0 saturated heterocycles. The maximum absolute atomic E-state index is 12.8. The van der Waals surface area contributed by atoms with Gasteiger partial charge < -0.3 is 10.1 Å². The molecule has 0 aromatic carbocycles. The van der Waals surface area contributed by atoms with E-state index in [0.29, 0.717) is 6.54 Å². The lowest BCUT2D eigenvalue weighted by molar-refractivity contribution is 0.0228. The third-order valence-electron chi connectivity index (χ3n) is 2.22. The van der Waals surface area contributed by atoms with Crippen LogP contribution in [0.2, 0.25) is 0 Å². The van der Waals surface area contributed by atoms with Gasteiger partial charge in [-0.05, 0) is 19.9 Å². The number of rotatable bonds is 4. The normalized spacial score (nSPS) is 11.2. The van der Waals surface area contributed by atoms with E-state index in [1.54, 1.807) is 7.11 Å². The number of ether oxygens (including phenoxy) is 1. The van der Waals surface area contributed by atoms with E-state index in [1.807, 2.05) is 13.8 Å². The molecular formula is C11H15FN2O2. The first kappa shape index (κ1) is 12.6. The van der Waals surface area contributed by atoms with Gasteiger partial charge in [-0.3, -0.25) is 4.79 Å². The summed E-state index contributed by atoms with van der Waals surface area (Å²) in [4.78, 5) is 15.0. The zero-order valence-corrected chi connectivity index (χ0v) is 9.58. The fourth-order valence-corrected chi connectivity index (χ4v) is 1.01. The highest BCUT2D eigenvalue weighted by molar-refractivity contribution is 5.94. The second-order valence-electron chi connectivity index (χ2n) is 4.01. The number of halogens is 1. The lowest BCUT2D eigenvalue weighted by Gasteiger charge is -2.23. The predicted octanol–water partition coefficient (Wildman–Crippen LogP) is 1.38. The van der Waals surface area contributed by atoms with E-state index >= 15 is 0 Å². The number of amides is 1. The molecule has 1 N–H and O–H groups in total. The Morgan fingerprint density at radius 2 is 2.31 bits per heavy atom. The highest BCUT2D eigenvalue weighted by atomic mass is 19.1. The zero-order valence-electron chi connectivity index (χ0n) is 9.58. The van der Waals surface area contributed by atoms with Crippen molar-refractivity contribution in [1.82, 2.24) is 10.3 Å². The van der Waals surface area contributed by atoms with E-state index < -0.39 is 11.5 Å². The Bertz CT molecular complexity index is 380. The molecule has 0 spiro atoms. The first-order chi connectivity index (χ1) is 7.44. The Kier molecular flexibility index (Phi) is 3.95. The van der Waals surface area contributed by atoms with E-state index in [2.05, 4.69) is 10.3 Å². The van der Waals surface area contributed by atoms with Crippen LogP contribution in [0.1, 0.15) is 24.2 Å². The Balaban J connectivity index is 2.60. The Hall–Kier alpha value is -1.49. The third kappa shape index (κ3) is 3.58. The molecule has 0 fully saturated rings. The van der Waals surface area contributed by atoms with Gasteiger partial charge in [0.15, 0.2) is 0 Å². The molecule has 0 atom stereocenters. The Labute approximate surface area is 93.8 Å². The molecule has 0 aliphatic heterocycles. The van der Waals surface area contributed by atoms with Gasteiger partial charge in [-0.25, -0.2) is 4.98 Å². The molecule has 1 aromatic heterocycles. The maximum atomic E-state index is 12.8. The van der Waals surface area contributed by atoms with E-state index in [9.17, 15) is 9.18 Å². The van der Waals surface area contributed by atoms with E-state index in [0.717, 1.165) is 6.07 Å². The molecule has 0 aliphatic rings. The van der Waals surface area contributed by atoms with E-state index in [1.165, 1.54) is 12.3 Å². The summed E-state index contributed by atoms with van der Waals surface area (Å²) in [5, 5.41) is 2.66. The summed E-state index contributed by atoms with van der Waals surface area (Å²) in [5.74, 6) is -1.01. The van der Waals surface area contributed by atoms with Crippen LogP contribution in [-0.2, 0) is 4.74 Å². The summed E-state index contributed by atoms with van der Waals surface area (Å²) in [6, 6.07) is 2.55. The lowest BCUT2D eigenvalue weighted by Crippen LogP contribution is -2.39. The summed E-state index contributed by atoms with van der Waals surface area (Å²) >= 11 is 0. The van der Waals surface area contributed by atoms with Gasteiger partial charge in [0.05, 0.1) is 5.60 Å². The van der Waals surface area contributed by atoms with Crippen molar-refractivity contribution in [2.45, 2.75) is 19.4 Å². The predicted molar refractivity (Wildman–Crippen MR) is 57.6 cm³/mol. The minimum absolute atomic E-state index is 0.249. The first-order valence-corrected chi connectivity index (χ1v) is 4.89. The molecule has 0 bridgehead atoms. The van der Waals surface area contributed by atoms with Gasteiger partial charge >= 0.3 is 0 Å². The second kappa shape index (κ2) is 5.03. The molecule has 4 nitrogen and oxygen atoms in total. The van der Waals surface area contributed by atoms with Crippen LogP contribution >= 0.6 is 0 Å². The minimum atomic E-state index is -0.668. The van der Waals surface area contributed by atoms with E-state index in [4.69, 9.17) is 4.74 Å². The van der Waals surface area contributed by atoms with Crippen LogP contribution in [0.4, 0.5) is 4.39 Å². The maximum Gasteiger partial charge on any atom is 0.251 e. The van der Waals surface area contributed by atoms with Crippen LogP contribution in [0.25, 0.3) is 0 Å². The number of carbonyl (C=O) groups is 1. The summed E-state index contributed by atoms with van der Waals surface area (Å²) in [5.41, 5.74) is -0.194. The Morgan fingerprint density at radius 3 is 2.88 bits per heavy atom. The molecule has 5 heteroatoms. The van der Waals surface area contributed by atoms with Gasteiger partial charge in [-0.2, -0.15) is 4.39 Å². The van der Waals surface area contributed by atoms with E-state index in [-0.39, 0.29) is 11.5 Å². The fourth-order valence-electron chi connectivity index (χ4n) is 1.01. The average Bonchev–Trinajstić information content (AvgIpc) is 2.26. The highest BCUT2D eigenvalue weighted by Crippen LogP contribution is 2.06. The van der Waals surface area contributed by atoms with Gasteiger partial charge in [-0.15, -0.1) is 0 Å². The number of pyridine rings is 1. The van der Waals surface area contributed by atoms with Gasteiger partial charge in [0.2, 0.25) is 5.95 Å². The first-order valence-electron chi connectivity index (χ1n) is 4.89. The number of aromatic nitrogens is 1. The van der Waals surface area contributed by atoms with Crippen LogP contribution in [-0.4, -0.2) is 30.1 Å². The third-order valence-corrected chi connectivity index (χ3v) is 2.22. The molecule has 16 heavy (non-hydrogen) atoms. The number of hydrogen-bond acceptors (Lipinski definition) is 3. The molecule has 1 aromatic rings. The molecule has 0 unspecified atom stereocenters. The van der Waals surface area contributed by atoms with Crippen molar-refractivity contribution < 1.29 is 13.9 Å². The van der Waals surface area contributed by atoms with Crippen LogP contribution in [0.5, 0.6) is 0 Å². The number of hydrogen-bond donors (Lipinski definition) is 1. The van der Waals surface area contributed by atoms with Crippen LogP contribution in [0.15, 0.2) is 18.3 Å². The molecule has 1 amide bonds. The van der Waals surface area contributed by atoms with Crippen molar-refractivity contribution >= 4 is 5.91 Å². The van der Waals surface area contributed by atoms with Crippen LogP contribution < -0.4 is 5.32 Å². The van der Waals surface area contributed by atoms with Gasteiger partial charge in [0.1, 0.15) is 0 Å². The zero-order chi connectivity index (χ0) is 12.2. The molecular weight excluding hydrogens is 211 g/mol. The molecule has 1 rings (SSSR count). The Morgan fingerprint density at radius 1 is 1.62 bits per heavy atom. The smallest absolute Gasteiger partial charge is 0.251 e. The van der Waals surface area contributed by atoms with Crippen molar-refractivity contribution in [3.8, 4) is 0 Å². The van der Waals surface area contributed by atoms with Crippen LogP contribution in [0.3, 0.4) is 0 Å². The quantitative estimate of drug-likeness (QED) is 0.789. The second-order valence-corrected chi connectivity index (χ2v) is 4.01. The van der Waals surface area contributed by atoms with Gasteiger partial charge in [0.25, 0.3) is 5.91 Å². The number of nitrogens with one attached hydrogen (secondary N) is 1. The lowest BCUT2D eigenvalue weighted by atomic mass is 10.1. The summed E-state index contributed by atoms with van der Waals surface area (Å²) in [6.45, 7) is 4.05. The summed E-state index contributed by atoms with van der Waals surface area (Å²) in [7, 11) is 1.57. The van der Waals surface area contributed by atoms with Crippen molar-refractivity contribution in [1.29, 1.82) is 0 Å². The highest BCUT2D eigenvalue weighted by Gasteiger charge is 2.17. The number of carbonyl (C=O) groups excluding carboxylic acids is 1. The topological polar surface area (TPSA) is 51.2 Å². The summed E-state index contributed by atoms with van der Waals surface area (Å²) in [6.07, 6.45) is 1.26. The minimum Gasteiger partial charge on any atom is -0.377 e. The van der Waals surface area contributed by atoms with Crippen molar-refractivity contribution in [2.24, 2.45) is 0 Å². The monoisotopic (exact) mass is 226 g/mol. The average molecular weight is 226 g/mol. The molecule has 0 radical (unpaired) electrons. The molecule has 1 heterocycles. The fraction of sp³-hybridized carbons (Fsp3) is 0.455. The molecule has 0 saturated carbocycles. The van der Waals surface area contributed by atoms with Crippen molar-refractivity contribution in [3.63, 3.8) is 0 Å². The SMILES string of the molecule is COC(C)(C)CNC(=O)c1ccnc(F)c1. The molecule has 0 aliphatic carbocycles.